The second-order valence-electron chi connectivity index (χ2n) is 6.55. The molecule has 0 N–H and O–H groups in total. The third-order valence-corrected chi connectivity index (χ3v) is 6.55. The van der Waals surface area contributed by atoms with Gasteiger partial charge in [-0.25, -0.2) is 12.8 Å². The van der Waals surface area contributed by atoms with Crippen LogP contribution in [-0.4, -0.2) is 29.4 Å². The summed E-state index contributed by atoms with van der Waals surface area (Å²) in [5, 5.41) is 4.02. The van der Waals surface area contributed by atoms with Crippen molar-refractivity contribution in [3.8, 4) is 11.4 Å². The highest BCUT2D eigenvalue weighted by Gasteiger charge is 2.39. The lowest BCUT2D eigenvalue weighted by molar-refractivity contribution is 0.290. The molecule has 0 spiro atoms. The van der Waals surface area contributed by atoms with E-state index in [-0.39, 0.29) is 10.8 Å². The first-order valence-electron chi connectivity index (χ1n) is 8.63. The Hall–Kier alpha value is -2.58. The maximum absolute atomic E-state index is 13.1. The van der Waals surface area contributed by atoms with Crippen molar-refractivity contribution in [1.82, 2.24) is 14.4 Å². The minimum atomic E-state index is -3.78. The summed E-state index contributed by atoms with van der Waals surface area (Å²) in [5.74, 6) is 0.223. The Morgan fingerprint density at radius 3 is 2.70 bits per heavy atom. The number of hydrogen-bond acceptors (Lipinski definition) is 5. The number of aromatic nitrogens is 2. The molecule has 0 bridgehead atoms. The van der Waals surface area contributed by atoms with Crippen molar-refractivity contribution in [1.29, 1.82) is 0 Å². The molecule has 140 valence electrons. The lowest BCUT2D eigenvalue weighted by atomic mass is 10.1. The van der Waals surface area contributed by atoms with Gasteiger partial charge in [-0.05, 0) is 50.1 Å². The summed E-state index contributed by atoms with van der Waals surface area (Å²) in [6.07, 6.45) is 1.28. The van der Waals surface area contributed by atoms with E-state index in [1.54, 1.807) is 0 Å². The number of aryl methyl sites for hydroxylation is 1. The SMILES string of the molecule is Cc1cccc(-c2noc([C@H]3CCCN3S(=O)(=O)c3ccc(F)cc3)n2)c1. The molecule has 1 saturated heterocycles. The van der Waals surface area contributed by atoms with Gasteiger partial charge in [-0.15, -0.1) is 0 Å². The third-order valence-electron chi connectivity index (χ3n) is 4.63. The van der Waals surface area contributed by atoms with E-state index in [0.717, 1.165) is 23.3 Å². The molecule has 1 atom stereocenters. The minimum Gasteiger partial charge on any atom is -0.337 e. The molecule has 1 fully saturated rings. The van der Waals surface area contributed by atoms with E-state index in [1.165, 1.54) is 16.4 Å². The van der Waals surface area contributed by atoms with E-state index in [4.69, 9.17) is 4.52 Å². The van der Waals surface area contributed by atoms with Crippen LogP contribution in [-0.2, 0) is 10.0 Å². The topological polar surface area (TPSA) is 76.3 Å². The van der Waals surface area contributed by atoms with E-state index in [9.17, 15) is 12.8 Å². The highest BCUT2D eigenvalue weighted by molar-refractivity contribution is 7.89. The molecule has 1 aliphatic heterocycles. The largest absolute Gasteiger partial charge is 0.337 e. The quantitative estimate of drug-likeness (QED) is 0.682. The molecule has 2 aromatic carbocycles. The standard InChI is InChI=1S/C19H18FN3O3S/c1-13-4-2-5-14(12-13)18-21-19(26-22-18)17-6-3-11-23(17)27(24,25)16-9-7-15(20)8-10-16/h2,4-5,7-10,12,17H,3,6,11H2,1H3/t17-/m1/s1. The van der Waals surface area contributed by atoms with Crippen molar-refractivity contribution >= 4 is 10.0 Å². The number of halogens is 1. The molecule has 3 aromatic rings. The van der Waals surface area contributed by atoms with Gasteiger partial charge in [-0.3, -0.25) is 0 Å². The summed E-state index contributed by atoms with van der Waals surface area (Å²) < 4.78 is 45.8. The van der Waals surface area contributed by atoms with Crippen LogP contribution in [0, 0.1) is 12.7 Å². The minimum absolute atomic E-state index is 0.0502. The predicted octanol–water partition coefficient (Wildman–Crippen LogP) is 3.71. The molecule has 0 aliphatic carbocycles. The summed E-state index contributed by atoms with van der Waals surface area (Å²) in [7, 11) is -3.78. The van der Waals surface area contributed by atoms with Gasteiger partial charge in [-0.1, -0.05) is 28.9 Å². The Kier molecular flexibility index (Phi) is 4.53. The summed E-state index contributed by atoms with van der Waals surface area (Å²) in [5.41, 5.74) is 1.89. The predicted molar refractivity (Wildman–Crippen MR) is 96.7 cm³/mol. The number of rotatable bonds is 4. The smallest absolute Gasteiger partial charge is 0.245 e. The molecular formula is C19H18FN3O3S. The number of hydrogen-bond donors (Lipinski definition) is 0. The van der Waals surface area contributed by atoms with Crippen molar-refractivity contribution < 1.29 is 17.3 Å². The summed E-state index contributed by atoms with van der Waals surface area (Å²) in [4.78, 5) is 4.48. The summed E-state index contributed by atoms with van der Waals surface area (Å²) >= 11 is 0. The van der Waals surface area contributed by atoms with E-state index < -0.39 is 21.9 Å². The van der Waals surface area contributed by atoms with Gasteiger partial charge in [0.25, 0.3) is 0 Å². The molecular weight excluding hydrogens is 369 g/mol. The summed E-state index contributed by atoms with van der Waals surface area (Å²) in [6, 6.07) is 12.0. The zero-order valence-corrected chi connectivity index (χ0v) is 15.5. The van der Waals surface area contributed by atoms with Gasteiger partial charge >= 0.3 is 0 Å². The van der Waals surface area contributed by atoms with Gasteiger partial charge in [0.05, 0.1) is 4.90 Å². The maximum Gasteiger partial charge on any atom is 0.245 e. The lowest BCUT2D eigenvalue weighted by Crippen LogP contribution is -2.30. The van der Waals surface area contributed by atoms with Crippen molar-refractivity contribution in [2.24, 2.45) is 0 Å². The zero-order chi connectivity index (χ0) is 19.0. The Morgan fingerprint density at radius 1 is 1.19 bits per heavy atom. The third kappa shape index (κ3) is 3.38. The van der Waals surface area contributed by atoms with Crippen LogP contribution in [0.1, 0.15) is 30.3 Å². The molecule has 6 nitrogen and oxygen atoms in total. The molecule has 0 saturated carbocycles. The van der Waals surface area contributed by atoms with Gasteiger partial charge in [0.1, 0.15) is 11.9 Å². The van der Waals surface area contributed by atoms with Crippen LogP contribution in [0.3, 0.4) is 0 Å². The first kappa shape index (κ1) is 17.8. The highest BCUT2D eigenvalue weighted by Crippen LogP contribution is 2.36. The zero-order valence-electron chi connectivity index (χ0n) is 14.7. The van der Waals surface area contributed by atoms with E-state index in [1.807, 2.05) is 31.2 Å². The van der Waals surface area contributed by atoms with Gasteiger partial charge in [0.15, 0.2) is 0 Å². The van der Waals surface area contributed by atoms with E-state index in [0.29, 0.717) is 25.2 Å². The van der Waals surface area contributed by atoms with Crippen molar-refractivity contribution in [2.75, 3.05) is 6.54 Å². The van der Waals surface area contributed by atoms with Crippen LogP contribution in [0.5, 0.6) is 0 Å². The van der Waals surface area contributed by atoms with Crippen LogP contribution >= 0.6 is 0 Å². The fraction of sp³-hybridized carbons (Fsp3) is 0.263. The number of sulfonamides is 1. The van der Waals surface area contributed by atoms with Gasteiger partial charge in [0.2, 0.25) is 21.7 Å². The Labute approximate surface area is 156 Å². The molecule has 8 heteroatoms. The fourth-order valence-corrected chi connectivity index (χ4v) is 4.94. The summed E-state index contributed by atoms with van der Waals surface area (Å²) in [6.45, 7) is 2.32. The Bertz CT molecular complexity index is 1060. The Morgan fingerprint density at radius 2 is 1.96 bits per heavy atom. The fourth-order valence-electron chi connectivity index (χ4n) is 3.29. The molecule has 1 aromatic heterocycles. The van der Waals surface area contributed by atoms with Crippen LogP contribution in [0.15, 0.2) is 57.9 Å². The normalized spacial score (nSPS) is 18.1. The first-order chi connectivity index (χ1) is 12.9. The second kappa shape index (κ2) is 6.86. The van der Waals surface area contributed by atoms with Crippen molar-refractivity contribution in [3.63, 3.8) is 0 Å². The molecule has 0 unspecified atom stereocenters. The van der Waals surface area contributed by atoms with Crippen LogP contribution in [0.25, 0.3) is 11.4 Å². The molecule has 2 heterocycles. The molecule has 0 radical (unpaired) electrons. The van der Waals surface area contributed by atoms with Crippen LogP contribution < -0.4 is 0 Å². The number of nitrogens with zero attached hydrogens (tertiary/aromatic N) is 3. The van der Waals surface area contributed by atoms with Crippen LogP contribution in [0.4, 0.5) is 4.39 Å². The van der Waals surface area contributed by atoms with Gasteiger partial charge in [0, 0.05) is 12.1 Å². The van der Waals surface area contributed by atoms with Crippen molar-refractivity contribution in [2.45, 2.75) is 30.7 Å². The van der Waals surface area contributed by atoms with Gasteiger partial charge < -0.3 is 4.52 Å². The molecule has 1 aliphatic rings. The van der Waals surface area contributed by atoms with Gasteiger partial charge in [-0.2, -0.15) is 9.29 Å². The van der Waals surface area contributed by atoms with Crippen molar-refractivity contribution in [3.05, 3.63) is 65.8 Å². The Balaban J connectivity index is 1.65. The second-order valence-corrected chi connectivity index (χ2v) is 8.44. The molecule has 4 rings (SSSR count). The average molecular weight is 387 g/mol. The molecule has 27 heavy (non-hydrogen) atoms. The van der Waals surface area contributed by atoms with E-state index in [2.05, 4.69) is 10.1 Å². The maximum atomic E-state index is 13.1. The monoisotopic (exact) mass is 387 g/mol. The van der Waals surface area contributed by atoms with Crippen LogP contribution in [0.2, 0.25) is 0 Å². The number of benzene rings is 2. The average Bonchev–Trinajstić information content (AvgIpc) is 3.32. The highest BCUT2D eigenvalue weighted by atomic mass is 32.2. The van der Waals surface area contributed by atoms with E-state index >= 15 is 0 Å². The molecule has 0 amide bonds. The lowest BCUT2D eigenvalue weighted by Gasteiger charge is -2.21. The first-order valence-corrected chi connectivity index (χ1v) is 10.1.